The van der Waals surface area contributed by atoms with Gasteiger partial charge in [-0.1, -0.05) is 20.8 Å². The summed E-state index contributed by atoms with van der Waals surface area (Å²) in [4.78, 5) is 13.3. The van der Waals surface area contributed by atoms with Crippen LogP contribution in [0.25, 0.3) is 0 Å². The quantitative estimate of drug-likeness (QED) is 0.778. The van der Waals surface area contributed by atoms with E-state index in [-0.39, 0.29) is 18.1 Å². The van der Waals surface area contributed by atoms with Crippen LogP contribution in [-0.2, 0) is 4.74 Å². The van der Waals surface area contributed by atoms with Crippen molar-refractivity contribution < 1.29 is 14.6 Å². The molecule has 0 saturated carbocycles. The van der Waals surface area contributed by atoms with Crippen molar-refractivity contribution in [3.8, 4) is 0 Å². The Morgan fingerprint density at radius 3 is 2.60 bits per heavy atom. The molecule has 88 valence electrons. The lowest BCUT2D eigenvalue weighted by Crippen LogP contribution is -2.36. The number of carbonyl (C=O) groups excluding carboxylic acids is 1. The molecule has 0 aromatic carbocycles. The first kappa shape index (κ1) is 12.3. The zero-order valence-corrected chi connectivity index (χ0v) is 10.0. The van der Waals surface area contributed by atoms with Crippen LogP contribution in [0.5, 0.6) is 0 Å². The van der Waals surface area contributed by atoms with Gasteiger partial charge in [-0.3, -0.25) is 0 Å². The van der Waals surface area contributed by atoms with Crippen LogP contribution in [0.15, 0.2) is 0 Å². The Kier molecular flexibility index (Phi) is 3.28. The van der Waals surface area contributed by atoms with Crippen LogP contribution < -0.4 is 0 Å². The van der Waals surface area contributed by atoms with Crippen molar-refractivity contribution in [2.24, 2.45) is 5.41 Å². The van der Waals surface area contributed by atoms with E-state index >= 15 is 0 Å². The molecule has 15 heavy (non-hydrogen) atoms. The summed E-state index contributed by atoms with van der Waals surface area (Å²) < 4.78 is 5.27. The summed E-state index contributed by atoms with van der Waals surface area (Å²) in [5.74, 6) is 0. The smallest absolute Gasteiger partial charge is 0.410 e. The van der Waals surface area contributed by atoms with Crippen molar-refractivity contribution in [1.82, 2.24) is 4.90 Å². The summed E-state index contributed by atoms with van der Waals surface area (Å²) in [5, 5.41) is 8.89. The number of cyclic esters (lactones) is 1. The topological polar surface area (TPSA) is 49.8 Å². The third-order valence-corrected chi connectivity index (χ3v) is 2.42. The molecule has 1 fully saturated rings. The summed E-state index contributed by atoms with van der Waals surface area (Å²) in [7, 11) is 0. The lowest BCUT2D eigenvalue weighted by molar-refractivity contribution is 0.0501. The van der Waals surface area contributed by atoms with Gasteiger partial charge in [0.1, 0.15) is 5.60 Å². The molecule has 4 heteroatoms. The third kappa shape index (κ3) is 3.38. The fourth-order valence-electron chi connectivity index (χ4n) is 1.84. The second kappa shape index (κ2) is 4.00. The van der Waals surface area contributed by atoms with E-state index in [1.54, 1.807) is 4.90 Å². The minimum atomic E-state index is -0.517. The predicted octanol–water partition coefficient (Wildman–Crippen LogP) is 1.63. The van der Waals surface area contributed by atoms with Crippen molar-refractivity contribution in [2.75, 3.05) is 19.7 Å². The first-order chi connectivity index (χ1) is 6.76. The van der Waals surface area contributed by atoms with Gasteiger partial charge >= 0.3 is 6.09 Å². The molecule has 1 N–H and O–H groups in total. The van der Waals surface area contributed by atoms with Gasteiger partial charge < -0.3 is 14.7 Å². The maximum absolute atomic E-state index is 11.6. The Labute approximate surface area is 91.2 Å². The molecule has 1 amide bonds. The Morgan fingerprint density at radius 1 is 1.53 bits per heavy atom. The van der Waals surface area contributed by atoms with Gasteiger partial charge in [-0.15, -0.1) is 0 Å². The Morgan fingerprint density at radius 2 is 2.13 bits per heavy atom. The largest absolute Gasteiger partial charge is 0.441 e. The average molecular weight is 215 g/mol. The second-order valence-corrected chi connectivity index (χ2v) is 5.71. The van der Waals surface area contributed by atoms with Gasteiger partial charge in [0.05, 0.1) is 6.54 Å². The number of nitrogens with zero attached hydrogens (tertiary/aromatic N) is 1. The molecule has 0 aliphatic carbocycles. The molecule has 1 rings (SSSR count). The molecule has 0 aromatic heterocycles. The van der Waals surface area contributed by atoms with E-state index in [2.05, 4.69) is 20.8 Å². The highest BCUT2D eigenvalue weighted by Gasteiger charge is 2.41. The second-order valence-electron chi connectivity index (χ2n) is 5.71. The molecule has 1 unspecified atom stereocenters. The summed E-state index contributed by atoms with van der Waals surface area (Å²) in [6.07, 6.45) is 0.236. The fraction of sp³-hybridized carbons (Fsp3) is 0.909. The van der Waals surface area contributed by atoms with E-state index in [9.17, 15) is 4.79 Å². The molecule has 1 saturated heterocycles. The van der Waals surface area contributed by atoms with Gasteiger partial charge in [0.15, 0.2) is 0 Å². The van der Waals surface area contributed by atoms with Crippen molar-refractivity contribution in [2.45, 2.75) is 39.7 Å². The normalized spacial score (nSPS) is 27.0. The highest BCUT2D eigenvalue weighted by Crippen LogP contribution is 2.28. The van der Waals surface area contributed by atoms with E-state index in [1.165, 1.54) is 0 Å². The molecular weight excluding hydrogens is 194 g/mol. The zero-order valence-electron chi connectivity index (χ0n) is 10.0. The van der Waals surface area contributed by atoms with Crippen LogP contribution in [0, 0.1) is 5.41 Å². The van der Waals surface area contributed by atoms with Crippen molar-refractivity contribution in [3.05, 3.63) is 0 Å². The van der Waals surface area contributed by atoms with Crippen LogP contribution in [0.3, 0.4) is 0 Å². The molecule has 0 radical (unpaired) electrons. The summed E-state index contributed by atoms with van der Waals surface area (Å²) >= 11 is 0. The average Bonchev–Trinajstić information content (AvgIpc) is 2.23. The fourth-order valence-corrected chi connectivity index (χ4v) is 1.84. The number of aliphatic hydroxyl groups excluding tert-OH is 1. The SMILES string of the molecule is CC(C)(C)CN1CC(C)(CCO)OC1=O. The minimum Gasteiger partial charge on any atom is -0.441 e. The Balaban J connectivity index is 2.60. The molecular formula is C11H21NO3. The van der Waals surface area contributed by atoms with Gasteiger partial charge in [0.2, 0.25) is 0 Å². The molecule has 0 spiro atoms. The number of ether oxygens (including phenoxy) is 1. The Hall–Kier alpha value is -0.770. The first-order valence-electron chi connectivity index (χ1n) is 5.35. The molecule has 1 heterocycles. The van der Waals surface area contributed by atoms with E-state index < -0.39 is 5.60 Å². The summed E-state index contributed by atoms with van der Waals surface area (Å²) in [6.45, 7) is 9.43. The van der Waals surface area contributed by atoms with E-state index in [0.29, 0.717) is 19.5 Å². The van der Waals surface area contributed by atoms with E-state index in [1.807, 2.05) is 6.92 Å². The Bertz CT molecular complexity index is 247. The summed E-state index contributed by atoms with van der Waals surface area (Å²) in [6, 6.07) is 0. The number of rotatable bonds is 3. The van der Waals surface area contributed by atoms with Gasteiger partial charge in [0.25, 0.3) is 0 Å². The molecule has 4 nitrogen and oxygen atoms in total. The number of carbonyl (C=O) groups is 1. The highest BCUT2D eigenvalue weighted by atomic mass is 16.6. The van der Waals surface area contributed by atoms with Crippen molar-refractivity contribution in [1.29, 1.82) is 0 Å². The lowest BCUT2D eigenvalue weighted by atomic mass is 9.95. The maximum atomic E-state index is 11.6. The van der Waals surface area contributed by atoms with Crippen LogP contribution in [-0.4, -0.2) is 41.4 Å². The van der Waals surface area contributed by atoms with E-state index in [4.69, 9.17) is 9.84 Å². The zero-order chi connectivity index (χ0) is 11.7. The van der Waals surface area contributed by atoms with Crippen molar-refractivity contribution >= 4 is 6.09 Å². The van der Waals surface area contributed by atoms with Crippen LogP contribution in [0.2, 0.25) is 0 Å². The monoisotopic (exact) mass is 215 g/mol. The molecule has 1 aliphatic rings. The molecule has 1 atom stereocenters. The predicted molar refractivity (Wildman–Crippen MR) is 57.6 cm³/mol. The number of amides is 1. The third-order valence-electron chi connectivity index (χ3n) is 2.42. The highest BCUT2D eigenvalue weighted by molar-refractivity contribution is 5.70. The van der Waals surface area contributed by atoms with Gasteiger partial charge in [-0.25, -0.2) is 4.79 Å². The summed E-state index contributed by atoms with van der Waals surface area (Å²) in [5.41, 5.74) is -0.444. The van der Waals surface area contributed by atoms with E-state index in [0.717, 1.165) is 0 Å². The number of aliphatic hydroxyl groups is 1. The van der Waals surface area contributed by atoms with Crippen LogP contribution in [0.4, 0.5) is 4.79 Å². The standard InChI is InChI=1S/C11H21NO3/c1-10(2,3)7-12-8-11(4,5-6-13)15-9(12)14/h13H,5-8H2,1-4H3. The molecule has 0 bridgehead atoms. The molecule has 0 aromatic rings. The number of hydrogen-bond donors (Lipinski definition) is 1. The van der Waals surface area contributed by atoms with Crippen molar-refractivity contribution in [3.63, 3.8) is 0 Å². The van der Waals surface area contributed by atoms with Crippen LogP contribution >= 0.6 is 0 Å². The van der Waals surface area contributed by atoms with Gasteiger partial charge in [-0.05, 0) is 12.3 Å². The maximum Gasteiger partial charge on any atom is 0.410 e. The van der Waals surface area contributed by atoms with Crippen LogP contribution in [0.1, 0.15) is 34.1 Å². The van der Waals surface area contributed by atoms with Gasteiger partial charge in [0, 0.05) is 19.6 Å². The first-order valence-corrected chi connectivity index (χ1v) is 5.35. The minimum absolute atomic E-state index is 0.0487. The number of hydrogen-bond acceptors (Lipinski definition) is 3. The van der Waals surface area contributed by atoms with Gasteiger partial charge in [-0.2, -0.15) is 0 Å². The molecule has 1 aliphatic heterocycles. The lowest BCUT2D eigenvalue weighted by Gasteiger charge is -2.25.